The molecule has 2 N–H and O–H groups in total. The quantitative estimate of drug-likeness (QED) is 0.827. The first-order valence-corrected chi connectivity index (χ1v) is 7.90. The first-order chi connectivity index (χ1) is 11.3. The molecule has 0 saturated heterocycles. The maximum atomic E-state index is 12.2. The lowest BCUT2D eigenvalue weighted by Gasteiger charge is -2.31. The van der Waals surface area contributed by atoms with Crippen LogP contribution in [0.2, 0.25) is 5.02 Å². The zero-order chi connectivity index (χ0) is 17.3. The number of urea groups is 1. The summed E-state index contributed by atoms with van der Waals surface area (Å²) in [5.41, 5.74) is 1.12. The second-order valence-corrected chi connectivity index (χ2v) is 6.70. The zero-order valence-corrected chi connectivity index (χ0v) is 14.1. The third-order valence-corrected chi connectivity index (χ3v) is 3.86. The molecule has 2 aromatic rings. The van der Waals surface area contributed by atoms with Crippen LogP contribution in [0.25, 0.3) is 0 Å². The lowest BCUT2D eigenvalue weighted by Crippen LogP contribution is -2.35. The first-order valence-electron chi connectivity index (χ1n) is 7.52. The van der Waals surface area contributed by atoms with Crippen molar-refractivity contribution in [3.8, 4) is 5.75 Å². The number of ether oxygens (including phenoxy) is 1. The molecule has 0 fully saturated rings. The minimum atomic E-state index is -0.509. The van der Waals surface area contributed by atoms with Crippen LogP contribution in [-0.2, 0) is 0 Å². The van der Waals surface area contributed by atoms with E-state index < -0.39 is 11.6 Å². The molecular weight excluding hydrogens is 328 g/mol. The SMILES string of the molecule is CC1(C)CC(=O)c2cc(NC(=O)Nc3ccc(Cl)cc3)ccc2O1. The van der Waals surface area contributed by atoms with Gasteiger partial charge in [-0.05, 0) is 56.3 Å². The normalized spacial score (nSPS) is 15.2. The molecule has 0 unspecified atom stereocenters. The Hall–Kier alpha value is -2.53. The number of rotatable bonds is 2. The monoisotopic (exact) mass is 344 g/mol. The van der Waals surface area contributed by atoms with Crippen molar-refractivity contribution in [3.63, 3.8) is 0 Å². The van der Waals surface area contributed by atoms with Crippen molar-refractivity contribution in [2.75, 3.05) is 10.6 Å². The fourth-order valence-corrected chi connectivity index (χ4v) is 2.68. The van der Waals surface area contributed by atoms with Gasteiger partial charge in [0.15, 0.2) is 5.78 Å². The Morgan fingerprint density at radius 3 is 2.42 bits per heavy atom. The van der Waals surface area contributed by atoms with E-state index in [1.165, 1.54) is 0 Å². The molecule has 0 radical (unpaired) electrons. The molecule has 2 aromatic carbocycles. The van der Waals surface area contributed by atoms with Gasteiger partial charge in [-0.2, -0.15) is 0 Å². The van der Waals surface area contributed by atoms with Gasteiger partial charge in [0.1, 0.15) is 11.4 Å². The van der Waals surface area contributed by atoms with Gasteiger partial charge in [0.25, 0.3) is 0 Å². The van der Waals surface area contributed by atoms with Gasteiger partial charge in [0, 0.05) is 16.4 Å². The summed E-state index contributed by atoms with van der Waals surface area (Å²) in [5, 5.41) is 6.00. The van der Waals surface area contributed by atoms with Gasteiger partial charge in [-0.15, -0.1) is 0 Å². The predicted octanol–water partition coefficient (Wildman–Crippen LogP) is 4.73. The molecule has 0 aliphatic carbocycles. The topological polar surface area (TPSA) is 67.4 Å². The lowest BCUT2D eigenvalue weighted by molar-refractivity contribution is 0.0620. The summed E-state index contributed by atoms with van der Waals surface area (Å²) < 4.78 is 5.79. The Labute approximate surface area is 145 Å². The smallest absolute Gasteiger partial charge is 0.323 e. The Balaban J connectivity index is 1.72. The number of anilines is 2. The number of hydrogen-bond donors (Lipinski definition) is 2. The molecule has 124 valence electrons. The number of benzene rings is 2. The highest BCUT2D eigenvalue weighted by Crippen LogP contribution is 2.34. The van der Waals surface area contributed by atoms with Gasteiger partial charge in [-0.25, -0.2) is 4.79 Å². The number of halogens is 1. The number of Topliss-reactive ketones (excluding diaryl/α,β-unsaturated/α-hetero) is 1. The van der Waals surface area contributed by atoms with Crippen LogP contribution < -0.4 is 15.4 Å². The van der Waals surface area contributed by atoms with Gasteiger partial charge >= 0.3 is 6.03 Å². The highest BCUT2D eigenvalue weighted by atomic mass is 35.5. The van der Waals surface area contributed by atoms with Crippen molar-refractivity contribution in [1.82, 2.24) is 0 Å². The number of nitrogens with one attached hydrogen (secondary N) is 2. The Morgan fingerprint density at radius 1 is 1.08 bits per heavy atom. The van der Waals surface area contributed by atoms with E-state index in [0.717, 1.165) is 0 Å². The maximum Gasteiger partial charge on any atom is 0.323 e. The number of amides is 2. The summed E-state index contributed by atoms with van der Waals surface area (Å²) in [6, 6.07) is 11.4. The molecule has 2 amide bonds. The zero-order valence-electron chi connectivity index (χ0n) is 13.4. The van der Waals surface area contributed by atoms with Crippen LogP contribution in [0.15, 0.2) is 42.5 Å². The third kappa shape index (κ3) is 3.68. The van der Waals surface area contributed by atoms with Gasteiger partial charge < -0.3 is 15.4 Å². The number of carbonyl (C=O) groups is 2. The van der Waals surface area contributed by atoms with Crippen LogP contribution in [0.1, 0.15) is 30.6 Å². The van der Waals surface area contributed by atoms with Crippen LogP contribution in [0, 0.1) is 0 Å². The van der Waals surface area contributed by atoms with Crippen LogP contribution >= 0.6 is 11.6 Å². The van der Waals surface area contributed by atoms with Crippen molar-refractivity contribution in [1.29, 1.82) is 0 Å². The summed E-state index contributed by atoms with van der Waals surface area (Å²) in [5.74, 6) is 0.544. The minimum absolute atomic E-state index is 0.00279. The summed E-state index contributed by atoms with van der Waals surface area (Å²) in [6.45, 7) is 3.75. The third-order valence-electron chi connectivity index (χ3n) is 3.61. The average molecular weight is 345 g/mol. The van der Waals surface area contributed by atoms with Crippen molar-refractivity contribution >= 4 is 34.8 Å². The van der Waals surface area contributed by atoms with Crippen LogP contribution in [0.3, 0.4) is 0 Å². The predicted molar refractivity (Wildman–Crippen MR) is 94.2 cm³/mol. The maximum absolute atomic E-state index is 12.2. The molecule has 24 heavy (non-hydrogen) atoms. The second kappa shape index (κ2) is 6.17. The summed E-state index contributed by atoms with van der Waals surface area (Å²) in [6.07, 6.45) is 0.306. The van der Waals surface area contributed by atoms with Crippen LogP contribution in [-0.4, -0.2) is 17.4 Å². The minimum Gasteiger partial charge on any atom is -0.487 e. The van der Waals surface area contributed by atoms with E-state index in [0.29, 0.717) is 34.1 Å². The molecule has 1 aliphatic rings. The van der Waals surface area contributed by atoms with E-state index in [4.69, 9.17) is 16.3 Å². The number of fused-ring (bicyclic) bond motifs is 1. The number of hydrogen-bond acceptors (Lipinski definition) is 3. The van der Waals surface area contributed by atoms with Crippen molar-refractivity contribution in [2.24, 2.45) is 0 Å². The molecule has 0 saturated carbocycles. The Bertz CT molecular complexity index is 800. The van der Waals surface area contributed by atoms with Crippen molar-refractivity contribution < 1.29 is 14.3 Å². The van der Waals surface area contributed by atoms with Crippen molar-refractivity contribution in [2.45, 2.75) is 25.9 Å². The molecule has 5 nitrogen and oxygen atoms in total. The molecular formula is C18H17ClN2O3. The second-order valence-electron chi connectivity index (χ2n) is 6.26. The van der Waals surface area contributed by atoms with Crippen molar-refractivity contribution in [3.05, 3.63) is 53.1 Å². The standard InChI is InChI=1S/C18H17ClN2O3/c1-18(2)10-15(22)14-9-13(7-8-16(14)24-18)21-17(23)20-12-5-3-11(19)4-6-12/h3-9H,10H2,1-2H3,(H2,20,21,23). The summed E-state index contributed by atoms with van der Waals surface area (Å²) in [4.78, 5) is 24.3. The van der Waals surface area contributed by atoms with E-state index in [1.807, 2.05) is 13.8 Å². The Kier molecular flexibility index (Phi) is 4.20. The fraction of sp³-hybridized carbons (Fsp3) is 0.222. The molecule has 3 rings (SSSR count). The van der Waals surface area contributed by atoms with E-state index in [2.05, 4.69) is 10.6 Å². The summed E-state index contributed by atoms with van der Waals surface area (Å²) >= 11 is 5.81. The molecule has 0 bridgehead atoms. The van der Waals surface area contributed by atoms with E-state index in [9.17, 15) is 9.59 Å². The molecule has 0 atom stereocenters. The molecule has 1 aliphatic heterocycles. The molecule has 0 spiro atoms. The van der Waals surface area contributed by atoms with Gasteiger partial charge in [-0.1, -0.05) is 11.6 Å². The molecule has 1 heterocycles. The molecule has 0 aromatic heterocycles. The first kappa shape index (κ1) is 16.3. The fourth-order valence-electron chi connectivity index (χ4n) is 2.56. The van der Waals surface area contributed by atoms with Gasteiger partial charge in [-0.3, -0.25) is 4.79 Å². The molecule has 6 heteroatoms. The van der Waals surface area contributed by atoms with Gasteiger partial charge in [0.2, 0.25) is 0 Å². The highest BCUT2D eigenvalue weighted by molar-refractivity contribution is 6.30. The average Bonchev–Trinajstić information content (AvgIpc) is 2.49. The summed E-state index contributed by atoms with van der Waals surface area (Å²) in [7, 11) is 0. The Morgan fingerprint density at radius 2 is 1.71 bits per heavy atom. The lowest BCUT2D eigenvalue weighted by atomic mass is 9.93. The van der Waals surface area contributed by atoms with Crippen LogP contribution in [0.5, 0.6) is 5.75 Å². The van der Waals surface area contributed by atoms with Crippen LogP contribution in [0.4, 0.5) is 16.2 Å². The largest absolute Gasteiger partial charge is 0.487 e. The highest BCUT2D eigenvalue weighted by Gasteiger charge is 2.32. The van der Waals surface area contributed by atoms with Gasteiger partial charge in [0.05, 0.1) is 12.0 Å². The van der Waals surface area contributed by atoms with E-state index >= 15 is 0 Å². The number of carbonyl (C=O) groups excluding carboxylic acids is 2. The number of ketones is 1. The van der Waals surface area contributed by atoms with E-state index in [-0.39, 0.29) is 5.78 Å². The van der Waals surface area contributed by atoms with E-state index in [1.54, 1.807) is 42.5 Å².